The standard InChI is InChI=1S/C12H11N3OS/c1-15-8(6-12(13)14-15)11-5-7-9(16)3-2-4-10(7)17-11/h2-6,16H,1H3,(H2,13,14). The Bertz CT molecular complexity index is 699. The van der Waals surface area contributed by atoms with E-state index >= 15 is 0 Å². The highest BCUT2D eigenvalue weighted by molar-refractivity contribution is 7.22. The molecule has 1 aromatic carbocycles. The lowest BCUT2D eigenvalue weighted by Gasteiger charge is -1.95. The zero-order valence-corrected chi connectivity index (χ0v) is 10.0. The molecule has 5 heteroatoms. The van der Waals surface area contributed by atoms with Gasteiger partial charge in [0.25, 0.3) is 0 Å². The first-order valence-electron chi connectivity index (χ1n) is 5.16. The van der Waals surface area contributed by atoms with Crippen LogP contribution in [0.1, 0.15) is 0 Å². The Morgan fingerprint density at radius 2 is 2.18 bits per heavy atom. The second-order valence-electron chi connectivity index (χ2n) is 3.88. The summed E-state index contributed by atoms with van der Waals surface area (Å²) in [6.45, 7) is 0. The van der Waals surface area contributed by atoms with Crippen LogP contribution in [0.15, 0.2) is 30.3 Å². The van der Waals surface area contributed by atoms with Crippen LogP contribution in [-0.2, 0) is 7.05 Å². The molecular formula is C12H11N3OS. The topological polar surface area (TPSA) is 64.1 Å². The highest BCUT2D eigenvalue weighted by Gasteiger charge is 2.11. The zero-order chi connectivity index (χ0) is 12.0. The van der Waals surface area contributed by atoms with Crippen molar-refractivity contribution in [1.82, 2.24) is 9.78 Å². The van der Waals surface area contributed by atoms with E-state index in [1.807, 2.05) is 31.3 Å². The number of aryl methyl sites for hydroxylation is 1. The van der Waals surface area contributed by atoms with Crippen molar-refractivity contribution in [3.8, 4) is 16.3 Å². The Morgan fingerprint density at radius 3 is 2.82 bits per heavy atom. The lowest BCUT2D eigenvalue weighted by Crippen LogP contribution is -1.93. The van der Waals surface area contributed by atoms with Crippen molar-refractivity contribution < 1.29 is 5.11 Å². The molecule has 2 aromatic heterocycles. The van der Waals surface area contributed by atoms with Crippen LogP contribution in [0.2, 0.25) is 0 Å². The van der Waals surface area contributed by atoms with Crippen molar-refractivity contribution in [2.45, 2.75) is 0 Å². The number of hydrogen-bond donors (Lipinski definition) is 2. The molecule has 0 unspecified atom stereocenters. The molecule has 0 aliphatic rings. The van der Waals surface area contributed by atoms with E-state index in [1.165, 1.54) is 0 Å². The van der Waals surface area contributed by atoms with E-state index in [9.17, 15) is 5.11 Å². The molecule has 0 radical (unpaired) electrons. The maximum Gasteiger partial charge on any atom is 0.146 e. The van der Waals surface area contributed by atoms with Gasteiger partial charge < -0.3 is 10.8 Å². The van der Waals surface area contributed by atoms with Gasteiger partial charge in [0, 0.05) is 23.2 Å². The molecule has 0 bridgehead atoms. The van der Waals surface area contributed by atoms with Crippen LogP contribution in [0.3, 0.4) is 0 Å². The Morgan fingerprint density at radius 1 is 1.35 bits per heavy atom. The fourth-order valence-electron chi connectivity index (χ4n) is 1.89. The van der Waals surface area contributed by atoms with Crippen LogP contribution in [-0.4, -0.2) is 14.9 Å². The zero-order valence-electron chi connectivity index (χ0n) is 9.21. The molecule has 17 heavy (non-hydrogen) atoms. The second-order valence-corrected chi connectivity index (χ2v) is 4.96. The molecule has 0 spiro atoms. The van der Waals surface area contributed by atoms with Gasteiger partial charge in [-0.25, -0.2) is 0 Å². The van der Waals surface area contributed by atoms with Crippen molar-refractivity contribution in [2.75, 3.05) is 5.73 Å². The normalized spacial score (nSPS) is 11.1. The average Bonchev–Trinajstić information content (AvgIpc) is 2.82. The van der Waals surface area contributed by atoms with Crippen LogP contribution in [0.4, 0.5) is 5.82 Å². The summed E-state index contributed by atoms with van der Waals surface area (Å²) in [6.07, 6.45) is 0. The number of rotatable bonds is 1. The van der Waals surface area contributed by atoms with Crippen LogP contribution in [0.5, 0.6) is 5.75 Å². The summed E-state index contributed by atoms with van der Waals surface area (Å²) in [5.74, 6) is 0.810. The molecule has 0 saturated carbocycles. The van der Waals surface area contributed by atoms with E-state index in [-0.39, 0.29) is 0 Å². The molecule has 4 nitrogen and oxygen atoms in total. The second kappa shape index (κ2) is 3.49. The Hall–Kier alpha value is -2.01. The largest absolute Gasteiger partial charge is 0.507 e. The molecule has 3 rings (SSSR count). The molecule has 0 aliphatic heterocycles. The van der Waals surface area contributed by atoms with Gasteiger partial charge in [0.05, 0.1) is 10.6 Å². The highest BCUT2D eigenvalue weighted by Crippen LogP contribution is 2.37. The van der Waals surface area contributed by atoms with E-state index in [4.69, 9.17) is 5.73 Å². The number of nitrogens with zero attached hydrogens (tertiary/aromatic N) is 2. The quantitative estimate of drug-likeness (QED) is 0.692. The van der Waals surface area contributed by atoms with Gasteiger partial charge in [0.15, 0.2) is 0 Å². The molecule has 0 fully saturated rings. The Kier molecular flexibility index (Phi) is 2.09. The van der Waals surface area contributed by atoms with Crippen molar-refractivity contribution in [3.05, 3.63) is 30.3 Å². The maximum absolute atomic E-state index is 9.77. The summed E-state index contributed by atoms with van der Waals surface area (Å²) in [4.78, 5) is 1.05. The lowest BCUT2D eigenvalue weighted by atomic mass is 10.2. The minimum atomic E-state index is 0.306. The first kappa shape index (κ1) is 10.2. The first-order valence-corrected chi connectivity index (χ1v) is 5.98. The maximum atomic E-state index is 9.77. The van der Waals surface area contributed by atoms with E-state index in [2.05, 4.69) is 5.10 Å². The molecule has 86 valence electrons. The van der Waals surface area contributed by atoms with Crippen molar-refractivity contribution >= 4 is 27.2 Å². The van der Waals surface area contributed by atoms with Crippen LogP contribution >= 0.6 is 11.3 Å². The van der Waals surface area contributed by atoms with Gasteiger partial charge in [-0.3, -0.25) is 4.68 Å². The number of hydrogen-bond acceptors (Lipinski definition) is 4. The average molecular weight is 245 g/mol. The highest BCUT2D eigenvalue weighted by atomic mass is 32.1. The number of nitrogen functional groups attached to an aromatic ring is 1. The van der Waals surface area contributed by atoms with Gasteiger partial charge in [-0.15, -0.1) is 11.3 Å². The van der Waals surface area contributed by atoms with Gasteiger partial charge in [0.1, 0.15) is 11.6 Å². The van der Waals surface area contributed by atoms with Crippen molar-refractivity contribution in [3.63, 3.8) is 0 Å². The molecular weight excluding hydrogens is 234 g/mol. The van der Waals surface area contributed by atoms with Gasteiger partial charge in [0.2, 0.25) is 0 Å². The first-order chi connectivity index (χ1) is 8.15. The summed E-state index contributed by atoms with van der Waals surface area (Å²) < 4.78 is 2.80. The van der Waals surface area contributed by atoms with Crippen molar-refractivity contribution in [1.29, 1.82) is 0 Å². The number of thiophene rings is 1. The minimum absolute atomic E-state index is 0.306. The SMILES string of the molecule is Cn1nc(N)cc1-c1cc2c(O)cccc2s1. The fourth-order valence-corrected chi connectivity index (χ4v) is 3.02. The van der Waals surface area contributed by atoms with Gasteiger partial charge in [-0.05, 0) is 18.2 Å². The third-order valence-electron chi connectivity index (χ3n) is 2.69. The third-order valence-corrected chi connectivity index (χ3v) is 3.81. The summed E-state index contributed by atoms with van der Waals surface area (Å²) in [7, 11) is 1.86. The monoisotopic (exact) mass is 245 g/mol. The number of fused-ring (bicyclic) bond motifs is 1. The van der Waals surface area contributed by atoms with Crippen LogP contribution in [0, 0.1) is 0 Å². The van der Waals surface area contributed by atoms with Gasteiger partial charge in [-0.1, -0.05) is 6.07 Å². The summed E-state index contributed by atoms with van der Waals surface area (Å²) in [5.41, 5.74) is 6.63. The number of anilines is 1. The minimum Gasteiger partial charge on any atom is -0.507 e. The van der Waals surface area contributed by atoms with Crippen molar-refractivity contribution in [2.24, 2.45) is 7.05 Å². The van der Waals surface area contributed by atoms with Gasteiger partial charge >= 0.3 is 0 Å². The molecule has 0 amide bonds. The number of aromatic hydroxyl groups is 1. The van der Waals surface area contributed by atoms with Gasteiger partial charge in [-0.2, -0.15) is 5.10 Å². The fraction of sp³-hybridized carbons (Fsp3) is 0.0833. The summed E-state index contributed by atoms with van der Waals surface area (Å²) in [5, 5.41) is 14.8. The Balaban J connectivity index is 2.25. The summed E-state index contributed by atoms with van der Waals surface area (Å²) >= 11 is 1.62. The van der Waals surface area contributed by atoms with E-state index in [0.29, 0.717) is 11.6 Å². The molecule has 0 atom stereocenters. The number of aromatic nitrogens is 2. The van der Waals surface area contributed by atoms with E-state index in [0.717, 1.165) is 20.7 Å². The Labute approximate surface area is 102 Å². The molecule has 3 aromatic rings. The smallest absolute Gasteiger partial charge is 0.146 e. The van der Waals surface area contributed by atoms with E-state index in [1.54, 1.807) is 22.1 Å². The number of benzene rings is 1. The molecule has 3 N–H and O–H groups in total. The molecule has 0 aliphatic carbocycles. The molecule has 2 heterocycles. The predicted molar refractivity (Wildman–Crippen MR) is 70.1 cm³/mol. The number of phenolic OH excluding ortho intramolecular Hbond substituents is 1. The lowest BCUT2D eigenvalue weighted by molar-refractivity contribution is 0.482. The van der Waals surface area contributed by atoms with E-state index < -0.39 is 0 Å². The number of nitrogens with two attached hydrogens (primary N) is 1. The predicted octanol–water partition coefficient (Wildman–Crippen LogP) is 2.59. The number of phenols is 1. The van der Waals surface area contributed by atoms with Crippen LogP contribution in [0.25, 0.3) is 20.7 Å². The summed E-state index contributed by atoms with van der Waals surface area (Å²) in [6, 6.07) is 9.32. The van der Waals surface area contributed by atoms with Crippen LogP contribution < -0.4 is 5.73 Å². The third kappa shape index (κ3) is 1.55. The molecule has 0 saturated heterocycles.